The highest BCUT2D eigenvalue weighted by molar-refractivity contribution is 5.78. The minimum Gasteiger partial charge on any atom is -0.361 e. The Bertz CT molecular complexity index is 359. The molecule has 1 aromatic rings. The van der Waals surface area contributed by atoms with Crippen LogP contribution in [-0.2, 0) is 11.3 Å². The van der Waals surface area contributed by atoms with E-state index in [0.29, 0.717) is 6.54 Å². The molecule has 16 heavy (non-hydrogen) atoms. The number of hydrogen-bond donors (Lipinski definition) is 1. The van der Waals surface area contributed by atoms with Crippen molar-refractivity contribution < 1.29 is 9.32 Å². The summed E-state index contributed by atoms with van der Waals surface area (Å²) in [4.78, 5) is 11.8. The summed E-state index contributed by atoms with van der Waals surface area (Å²) in [6.45, 7) is 4.31. The zero-order chi connectivity index (χ0) is 11.5. The van der Waals surface area contributed by atoms with Gasteiger partial charge in [0.25, 0.3) is 0 Å². The zero-order valence-corrected chi connectivity index (χ0v) is 9.88. The van der Waals surface area contributed by atoms with E-state index in [-0.39, 0.29) is 11.8 Å². The standard InChI is InChI=1S/C12H18N2O2/c1-8-11(9(2)16-14-8)7-13-12(15)10-5-3-4-6-10/h10H,3-7H2,1-2H3,(H,13,15). The molecule has 1 heterocycles. The molecule has 0 spiro atoms. The molecular weight excluding hydrogens is 204 g/mol. The van der Waals surface area contributed by atoms with Crippen molar-refractivity contribution in [1.29, 1.82) is 0 Å². The molecule has 1 aromatic heterocycles. The van der Waals surface area contributed by atoms with Gasteiger partial charge in [-0.05, 0) is 26.7 Å². The lowest BCUT2D eigenvalue weighted by molar-refractivity contribution is -0.124. The van der Waals surface area contributed by atoms with Gasteiger partial charge < -0.3 is 9.84 Å². The van der Waals surface area contributed by atoms with Crippen molar-refractivity contribution in [1.82, 2.24) is 10.5 Å². The van der Waals surface area contributed by atoms with Crippen molar-refractivity contribution in [3.8, 4) is 0 Å². The van der Waals surface area contributed by atoms with Crippen LogP contribution >= 0.6 is 0 Å². The molecule has 0 saturated heterocycles. The minimum atomic E-state index is 0.178. The molecule has 0 bridgehead atoms. The third-order valence-corrected chi connectivity index (χ3v) is 3.35. The molecule has 1 aliphatic rings. The van der Waals surface area contributed by atoms with Gasteiger partial charge in [-0.1, -0.05) is 18.0 Å². The van der Waals surface area contributed by atoms with Crippen molar-refractivity contribution >= 4 is 5.91 Å². The van der Waals surface area contributed by atoms with Crippen LogP contribution in [0.1, 0.15) is 42.7 Å². The Hall–Kier alpha value is -1.32. The van der Waals surface area contributed by atoms with Gasteiger partial charge in [0.2, 0.25) is 5.91 Å². The summed E-state index contributed by atoms with van der Waals surface area (Å²) in [6.07, 6.45) is 4.44. The molecule has 1 amide bonds. The van der Waals surface area contributed by atoms with Crippen molar-refractivity contribution in [3.05, 3.63) is 17.0 Å². The van der Waals surface area contributed by atoms with Crippen LogP contribution in [-0.4, -0.2) is 11.1 Å². The summed E-state index contributed by atoms with van der Waals surface area (Å²) in [6, 6.07) is 0. The summed E-state index contributed by atoms with van der Waals surface area (Å²) in [5, 5.41) is 6.84. The molecule has 0 unspecified atom stereocenters. The molecule has 1 aliphatic carbocycles. The number of hydrogen-bond acceptors (Lipinski definition) is 3. The Morgan fingerprint density at radius 1 is 1.44 bits per heavy atom. The maximum Gasteiger partial charge on any atom is 0.223 e. The molecule has 1 N–H and O–H groups in total. The van der Waals surface area contributed by atoms with Gasteiger partial charge in [-0.15, -0.1) is 0 Å². The zero-order valence-electron chi connectivity index (χ0n) is 9.88. The maximum absolute atomic E-state index is 11.8. The molecule has 0 atom stereocenters. The quantitative estimate of drug-likeness (QED) is 0.852. The minimum absolute atomic E-state index is 0.178. The average Bonchev–Trinajstić information content (AvgIpc) is 2.87. The molecule has 0 aliphatic heterocycles. The molecule has 1 saturated carbocycles. The van der Waals surface area contributed by atoms with Crippen LogP contribution in [0.15, 0.2) is 4.52 Å². The Kier molecular flexibility index (Phi) is 3.27. The first kappa shape index (κ1) is 11.2. The fourth-order valence-corrected chi connectivity index (χ4v) is 2.26. The number of nitrogens with zero attached hydrogens (tertiary/aromatic N) is 1. The van der Waals surface area contributed by atoms with Gasteiger partial charge >= 0.3 is 0 Å². The fraction of sp³-hybridized carbons (Fsp3) is 0.667. The van der Waals surface area contributed by atoms with Gasteiger partial charge in [0.1, 0.15) is 5.76 Å². The number of aryl methyl sites for hydroxylation is 2. The first-order valence-electron chi connectivity index (χ1n) is 5.88. The summed E-state index contributed by atoms with van der Waals surface area (Å²) >= 11 is 0. The van der Waals surface area contributed by atoms with E-state index in [9.17, 15) is 4.79 Å². The number of nitrogens with one attached hydrogen (secondary N) is 1. The van der Waals surface area contributed by atoms with Crippen molar-refractivity contribution in [2.24, 2.45) is 5.92 Å². The third kappa shape index (κ3) is 2.26. The second kappa shape index (κ2) is 4.68. The molecule has 4 nitrogen and oxygen atoms in total. The molecule has 4 heteroatoms. The van der Waals surface area contributed by atoms with Crippen LogP contribution < -0.4 is 5.32 Å². The van der Waals surface area contributed by atoms with Gasteiger partial charge in [-0.25, -0.2) is 0 Å². The predicted molar refractivity (Wildman–Crippen MR) is 59.8 cm³/mol. The van der Waals surface area contributed by atoms with Crippen molar-refractivity contribution in [2.45, 2.75) is 46.1 Å². The first-order valence-corrected chi connectivity index (χ1v) is 5.88. The third-order valence-electron chi connectivity index (χ3n) is 3.35. The molecule has 2 rings (SSSR count). The second-order valence-electron chi connectivity index (χ2n) is 4.50. The first-order chi connectivity index (χ1) is 7.68. The van der Waals surface area contributed by atoms with Crippen LogP contribution in [0, 0.1) is 19.8 Å². The van der Waals surface area contributed by atoms with Crippen LogP contribution in [0.3, 0.4) is 0 Å². The summed E-state index contributed by atoms with van der Waals surface area (Å²) < 4.78 is 5.05. The van der Waals surface area contributed by atoms with Crippen molar-refractivity contribution in [2.75, 3.05) is 0 Å². The highest BCUT2D eigenvalue weighted by atomic mass is 16.5. The fourth-order valence-electron chi connectivity index (χ4n) is 2.26. The number of carbonyl (C=O) groups is 1. The van der Waals surface area contributed by atoms with E-state index in [1.165, 1.54) is 12.8 Å². The highest BCUT2D eigenvalue weighted by Gasteiger charge is 2.22. The molecular formula is C12H18N2O2. The van der Waals surface area contributed by atoms with Gasteiger partial charge in [-0.2, -0.15) is 0 Å². The van der Waals surface area contributed by atoms with Gasteiger partial charge in [0.15, 0.2) is 0 Å². The van der Waals surface area contributed by atoms with Gasteiger partial charge in [0, 0.05) is 18.0 Å². The number of aromatic nitrogens is 1. The van der Waals surface area contributed by atoms with E-state index in [2.05, 4.69) is 10.5 Å². The highest BCUT2D eigenvalue weighted by Crippen LogP contribution is 2.24. The monoisotopic (exact) mass is 222 g/mol. The molecule has 1 fully saturated rings. The normalized spacial score (nSPS) is 16.6. The van der Waals surface area contributed by atoms with Crippen LogP contribution in [0.4, 0.5) is 0 Å². The van der Waals surface area contributed by atoms with Crippen LogP contribution in [0.2, 0.25) is 0 Å². The van der Waals surface area contributed by atoms with E-state index >= 15 is 0 Å². The second-order valence-corrected chi connectivity index (χ2v) is 4.50. The summed E-state index contributed by atoms with van der Waals surface area (Å²) in [7, 11) is 0. The van der Waals surface area contributed by atoms with Gasteiger partial charge in [-0.3, -0.25) is 4.79 Å². The van der Waals surface area contributed by atoms with Crippen LogP contribution in [0.5, 0.6) is 0 Å². The smallest absolute Gasteiger partial charge is 0.223 e. The van der Waals surface area contributed by atoms with E-state index in [0.717, 1.165) is 29.9 Å². The number of amides is 1. The van der Waals surface area contributed by atoms with E-state index < -0.39 is 0 Å². The van der Waals surface area contributed by atoms with Gasteiger partial charge in [0.05, 0.1) is 5.69 Å². The number of carbonyl (C=O) groups excluding carboxylic acids is 1. The summed E-state index contributed by atoms with van der Waals surface area (Å²) in [5.41, 5.74) is 1.87. The van der Waals surface area contributed by atoms with E-state index in [1.54, 1.807) is 0 Å². The largest absolute Gasteiger partial charge is 0.361 e. The lowest BCUT2D eigenvalue weighted by atomic mass is 10.1. The van der Waals surface area contributed by atoms with Crippen LogP contribution in [0.25, 0.3) is 0 Å². The Morgan fingerprint density at radius 2 is 2.12 bits per heavy atom. The lowest BCUT2D eigenvalue weighted by Crippen LogP contribution is -2.29. The predicted octanol–water partition coefficient (Wildman–Crippen LogP) is 2.10. The molecule has 88 valence electrons. The van der Waals surface area contributed by atoms with E-state index in [4.69, 9.17) is 4.52 Å². The molecule has 0 aromatic carbocycles. The SMILES string of the molecule is Cc1noc(C)c1CNC(=O)C1CCCC1. The topological polar surface area (TPSA) is 55.1 Å². The summed E-state index contributed by atoms with van der Waals surface area (Å²) in [5.74, 6) is 1.20. The Balaban J connectivity index is 1.89. The Labute approximate surface area is 95.4 Å². The average molecular weight is 222 g/mol. The number of rotatable bonds is 3. The van der Waals surface area contributed by atoms with E-state index in [1.807, 2.05) is 13.8 Å². The lowest BCUT2D eigenvalue weighted by Gasteiger charge is -2.09. The maximum atomic E-state index is 11.8. The van der Waals surface area contributed by atoms with Crippen molar-refractivity contribution in [3.63, 3.8) is 0 Å². The Morgan fingerprint density at radius 3 is 2.69 bits per heavy atom. The molecule has 0 radical (unpaired) electrons.